The number of likely N-dealkylation sites (N-methyl/N-ethyl adjacent to an activating group) is 1. The molecule has 52 heavy (non-hydrogen) atoms. The molecule has 0 aliphatic carbocycles. The van der Waals surface area contributed by atoms with Crippen LogP contribution < -0.4 is 10.6 Å². The van der Waals surface area contributed by atoms with E-state index >= 15 is 0 Å². The summed E-state index contributed by atoms with van der Waals surface area (Å²) >= 11 is 1.38. The van der Waals surface area contributed by atoms with Crippen LogP contribution in [0.2, 0.25) is 0 Å². The van der Waals surface area contributed by atoms with Crippen molar-refractivity contribution < 1.29 is 23.9 Å². The molecule has 1 aromatic heterocycles. The van der Waals surface area contributed by atoms with Gasteiger partial charge in [-0.1, -0.05) is 105 Å². The summed E-state index contributed by atoms with van der Waals surface area (Å²) in [5, 5.41) is 8.38. The number of carbonyl (C=O) groups excluding carboxylic acids is 4. The quantitative estimate of drug-likeness (QED) is 0.101. The molecular formula is C41H69N5O5S. The van der Waals surface area contributed by atoms with E-state index in [0.29, 0.717) is 43.1 Å². The molecular weight excluding hydrogens is 675 g/mol. The average molecular weight is 744 g/mol. The predicted octanol–water partition coefficient (Wildman–Crippen LogP) is 7.48. The van der Waals surface area contributed by atoms with Crippen LogP contribution >= 0.6 is 11.3 Å². The number of nitrogens with zero attached hydrogens (tertiary/aromatic N) is 3. The molecule has 0 bridgehead atoms. The van der Waals surface area contributed by atoms with Gasteiger partial charge in [-0.25, -0.2) is 4.98 Å². The summed E-state index contributed by atoms with van der Waals surface area (Å²) in [7, 11) is 1.91. The SMILES string of the molecule is CCCC.CCCCN(C)CC(=O)NCC(=O)N(CCC)C(C[C@@H](OCCC)c1nc(C(=O)N[C@@H](Cc2ccccc2)C[C@@H](C)C=O)cs1)C(C)C. The summed E-state index contributed by atoms with van der Waals surface area (Å²) in [5.41, 5.74) is 1.39. The molecule has 0 saturated heterocycles. The van der Waals surface area contributed by atoms with Gasteiger partial charge in [0.2, 0.25) is 11.8 Å². The van der Waals surface area contributed by atoms with Gasteiger partial charge in [0.25, 0.3) is 5.91 Å². The Hall–Kier alpha value is -3.15. The van der Waals surface area contributed by atoms with E-state index in [-0.39, 0.29) is 54.7 Å². The maximum atomic E-state index is 13.6. The minimum atomic E-state index is -0.409. The van der Waals surface area contributed by atoms with Gasteiger partial charge < -0.3 is 25.1 Å². The zero-order valence-corrected chi connectivity index (χ0v) is 34.4. The summed E-state index contributed by atoms with van der Waals surface area (Å²) in [4.78, 5) is 59.6. The standard InChI is InChI=1S/C37H59N5O5S.C4H10/c1-8-11-18-41(7)24-34(44)38-23-35(45)42(17-9-2)32(27(4)5)22-33(47-19-10-3)37-40-31(26-48-37)36(46)39-30(20-28(6)25-43)21-29-15-13-12-14-16-29;1-3-4-2/h12-16,25-28,30,32-33H,8-11,17-24H2,1-7H3,(H,38,44)(H,39,46);3-4H2,1-2H3/t28-,30-,32?,33-;/m1./s1. The highest BCUT2D eigenvalue weighted by molar-refractivity contribution is 7.09. The second-order valence-electron chi connectivity index (χ2n) is 14.1. The van der Waals surface area contributed by atoms with Gasteiger partial charge in [0.15, 0.2) is 0 Å². The van der Waals surface area contributed by atoms with E-state index in [2.05, 4.69) is 45.3 Å². The molecule has 0 aliphatic heterocycles. The first-order valence-electron chi connectivity index (χ1n) is 19.6. The number of hydrogen-bond donors (Lipinski definition) is 2. The Kier molecular flexibility index (Phi) is 24.7. The lowest BCUT2D eigenvalue weighted by Crippen LogP contribution is -2.49. The number of rotatable bonds is 25. The monoisotopic (exact) mass is 744 g/mol. The minimum absolute atomic E-state index is 0.0569. The number of ether oxygens (including phenoxy) is 1. The molecule has 0 saturated carbocycles. The fourth-order valence-corrected chi connectivity index (χ4v) is 6.53. The number of benzene rings is 1. The molecule has 1 heterocycles. The molecule has 11 heteroatoms. The fourth-order valence-electron chi connectivity index (χ4n) is 5.67. The Morgan fingerprint density at radius 3 is 2.19 bits per heavy atom. The lowest BCUT2D eigenvalue weighted by atomic mass is 9.95. The van der Waals surface area contributed by atoms with Crippen molar-refractivity contribution in [2.75, 3.05) is 39.8 Å². The zero-order chi connectivity index (χ0) is 38.9. The molecule has 2 rings (SSSR count). The molecule has 10 nitrogen and oxygen atoms in total. The smallest absolute Gasteiger partial charge is 0.270 e. The topological polar surface area (TPSA) is 121 Å². The Morgan fingerprint density at radius 1 is 0.923 bits per heavy atom. The van der Waals surface area contributed by atoms with Crippen molar-refractivity contribution in [3.8, 4) is 0 Å². The van der Waals surface area contributed by atoms with Crippen LogP contribution in [-0.4, -0.2) is 90.7 Å². The average Bonchev–Trinajstić information content (AvgIpc) is 3.63. The van der Waals surface area contributed by atoms with Crippen LogP contribution in [0.5, 0.6) is 0 Å². The van der Waals surface area contributed by atoms with Gasteiger partial charge in [0.1, 0.15) is 23.1 Å². The van der Waals surface area contributed by atoms with Crippen molar-refractivity contribution >= 4 is 35.3 Å². The number of hydrogen-bond acceptors (Lipinski definition) is 8. The molecule has 3 amide bonds. The highest BCUT2D eigenvalue weighted by atomic mass is 32.1. The summed E-state index contributed by atoms with van der Waals surface area (Å²) in [6, 6.07) is 9.52. The molecule has 0 fully saturated rings. The van der Waals surface area contributed by atoms with E-state index in [1.807, 2.05) is 68.0 Å². The second-order valence-corrected chi connectivity index (χ2v) is 15.0. The van der Waals surface area contributed by atoms with Crippen LogP contribution in [0.15, 0.2) is 35.7 Å². The van der Waals surface area contributed by atoms with Gasteiger partial charge >= 0.3 is 0 Å². The van der Waals surface area contributed by atoms with Crippen molar-refractivity contribution in [1.82, 2.24) is 25.4 Å². The Labute approximate surface area is 318 Å². The Morgan fingerprint density at radius 2 is 1.62 bits per heavy atom. The van der Waals surface area contributed by atoms with E-state index in [0.717, 1.165) is 44.1 Å². The lowest BCUT2D eigenvalue weighted by Gasteiger charge is -2.36. The van der Waals surface area contributed by atoms with Crippen molar-refractivity contribution in [3.63, 3.8) is 0 Å². The summed E-state index contributed by atoms with van der Waals surface area (Å²) in [6.07, 6.45) is 8.46. The molecule has 294 valence electrons. The van der Waals surface area contributed by atoms with Crippen molar-refractivity contribution in [3.05, 3.63) is 52.0 Å². The van der Waals surface area contributed by atoms with E-state index in [1.54, 1.807) is 5.38 Å². The van der Waals surface area contributed by atoms with Crippen molar-refractivity contribution in [2.24, 2.45) is 11.8 Å². The summed E-state index contributed by atoms with van der Waals surface area (Å²) < 4.78 is 6.32. The molecule has 2 N–H and O–H groups in total. The van der Waals surface area contributed by atoms with E-state index in [4.69, 9.17) is 9.72 Å². The third-order valence-electron chi connectivity index (χ3n) is 8.76. The molecule has 1 aromatic carbocycles. The summed E-state index contributed by atoms with van der Waals surface area (Å²) in [5.74, 6) is -0.652. The number of nitrogens with one attached hydrogen (secondary N) is 2. The molecule has 2 aromatic rings. The number of unbranched alkanes of at least 4 members (excludes halogenated alkanes) is 2. The molecule has 0 spiro atoms. The zero-order valence-electron chi connectivity index (χ0n) is 33.6. The predicted molar refractivity (Wildman–Crippen MR) is 214 cm³/mol. The van der Waals surface area contributed by atoms with Gasteiger partial charge in [-0.05, 0) is 57.2 Å². The number of thiazole rings is 1. The van der Waals surface area contributed by atoms with Gasteiger partial charge in [-0.15, -0.1) is 11.3 Å². The van der Waals surface area contributed by atoms with Gasteiger partial charge in [-0.2, -0.15) is 0 Å². The van der Waals surface area contributed by atoms with E-state index in [9.17, 15) is 19.2 Å². The lowest BCUT2D eigenvalue weighted by molar-refractivity contribution is -0.136. The number of amides is 3. The first-order valence-corrected chi connectivity index (χ1v) is 20.4. The largest absolute Gasteiger partial charge is 0.371 e. The highest BCUT2D eigenvalue weighted by Gasteiger charge is 2.31. The highest BCUT2D eigenvalue weighted by Crippen LogP contribution is 2.31. The fraction of sp³-hybridized carbons (Fsp3) is 0.683. The number of carbonyl (C=O) groups is 4. The Balaban J connectivity index is 0.00000320. The third-order valence-corrected chi connectivity index (χ3v) is 9.69. The number of aldehydes is 1. The molecule has 1 unspecified atom stereocenters. The Bertz CT molecular complexity index is 1270. The van der Waals surface area contributed by atoms with Crippen LogP contribution in [0.3, 0.4) is 0 Å². The van der Waals surface area contributed by atoms with Gasteiger partial charge in [0.05, 0.1) is 13.1 Å². The second kappa shape index (κ2) is 27.5. The minimum Gasteiger partial charge on any atom is -0.371 e. The maximum absolute atomic E-state index is 13.6. The molecule has 0 aliphatic rings. The van der Waals surface area contributed by atoms with Crippen molar-refractivity contribution in [1.29, 1.82) is 0 Å². The van der Waals surface area contributed by atoms with Crippen LogP contribution in [-0.2, 0) is 25.5 Å². The van der Waals surface area contributed by atoms with Crippen LogP contribution in [0.4, 0.5) is 0 Å². The van der Waals surface area contributed by atoms with Crippen LogP contribution in [0.1, 0.15) is 134 Å². The number of aromatic nitrogens is 1. The first-order chi connectivity index (χ1) is 24.9. The summed E-state index contributed by atoms with van der Waals surface area (Å²) in [6.45, 7) is 18.7. The van der Waals surface area contributed by atoms with Gasteiger partial charge in [-0.3, -0.25) is 19.3 Å². The molecule has 4 atom stereocenters. The normalized spacial score (nSPS) is 13.4. The van der Waals surface area contributed by atoms with Crippen molar-refractivity contribution in [2.45, 2.75) is 131 Å². The van der Waals surface area contributed by atoms with E-state index < -0.39 is 6.10 Å². The first kappa shape index (κ1) is 46.9. The van der Waals surface area contributed by atoms with Crippen LogP contribution in [0, 0.1) is 11.8 Å². The molecule has 0 radical (unpaired) electrons. The maximum Gasteiger partial charge on any atom is 0.270 e. The van der Waals surface area contributed by atoms with Crippen LogP contribution in [0.25, 0.3) is 0 Å². The third kappa shape index (κ3) is 18.6. The van der Waals surface area contributed by atoms with E-state index in [1.165, 1.54) is 24.2 Å². The van der Waals surface area contributed by atoms with Gasteiger partial charge in [0, 0.05) is 43.0 Å².